The van der Waals surface area contributed by atoms with E-state index in [1.165, 1.54) is 11.1 Å². The number of carbonyl (C=O) groups excluding carboxylic acids is 1. The van der Waals surface area contributed by atoms with E-state index in [2.05, 4.69) is 41.5 Å². The summed E-state index contributed by atoms with van der Waals surface area (Å²) in [6.07, 6.45) is 0. The Morgan fingerprint density at radius 1 is 1.17 bits per heavy atom. The van der Waals surface area contributed by atoms with Gasteiger partial charge in [0.15, 0.2) is 0 Å². The van der Waals surface area contributed by atoms with E-state index in [-0.39, 0.29) is 11.9 Å². The van der Waals surface area contributed by atoms with Crippen LogP contribution in [0.2, 0.25) is 0 Å². The Balaban J connectivity index is 2.02. The minimum absolute atomic E-state index is 0.0954. The van der Waals surface area contributed by atoms with E-state index in [0.717, 1.165) is 37.4 Å². The third kappa shape index (κ3) is 1.72. The molecule has 1 aromatic carbocycles. The largest absolute Gasteiger partial charge is 0.324 e. The second-order valence-electron chi connectivity index (χ2n) is 5.17. The van der Waals surface area contributed by atoms with Gasteiger partial charge in [0.05, 0.1) is 0 Å². The number of piperazine rings is 1. The summed E-state index contributed by atoms with van der Waals surface area (Å²) < 4.78 is 0. The first-order chi connectivity index (χ1) is 8.68. The number of nitrogens with zero attached hydrogens (tertiary/aromatic N) is 1. The number of hydrogen-bond acceptors (Lipinski definition) is 3. The molecule has 1 aromatic rings. The van der Waals surface area contributed by atoms with Crippen molar-refractivity contribution in [2.75, 3.05) is 31.5 Å². The standard InChI is InChI=1S/C14H19N3O/c1-9-3-4-10(2)12-11(9)13(14(18)16-12)17-7-5-15-6-8-17/h3-4,13,15H,5-8H2,1-2H3,(H,16,18). The molecule has 2 N–H and O–H groups in total. The monoisotopic (exact) mass is 245 g/mol. The van der Waals surface area contributed by atoms with Gasteiger partial charge in [0.1, 0.15) is 6.04 Å². The summed E-state index contributed by atoms with van der Waals surface area (Å²) >= 11 is 0. The molecule has 0 saturated carbocycles. The fourth-order valence-corrected chi connectivity index (χ4v) is 2.96. The van der Waals surface area contributed by atoms with Gasteiger partial charge in [-0.05, 0) is 25.0 Å². The van der Waals surface area contributed by atoms with Gasteiger partial charge in [-0.2, -0.15) is 0 Å². The quantitative estimate of drug-likeness (QED) is 0.781. The lowest BCUT2D eigenvalue weighted by molar-refractivity contribution is -0.121. The number of aryl methyl sites for hydroxylation is 2. The number of nitrogens with one attached hydrogen (secondary N) is 2. The molecule has 3 rings (SSSR count). The molecule has 2 heterocycles. The van der Waals surface area contributed by atoms with Crippen LogP contribution in [0, 0.1) is 13.8 Å². The summed E-state index contributed by atoms with van der Waals surface area (Å²) in [5.74, 6) is 0.129. The van der Waals surface area contributed by atoms with E-state index >= 15 is 0 Å². The Morgan fingerprint density at radius 3 is 2.56 bits per heavy atom. The van der Waals surface area contributed by atoms with Crippen molar-refractivity contribution in [3.05, 3.63) is 28.8 Å². The molecule has 1 saturated heterocycles. The van der Waals surface area contributed by atoms with Crippen LogP contribution in [0.5, 0.6) is 0 Å². The van der Waals surface area contributed by atoms with Gasteiger partial charge in [-0.3, -0.25) is 9.69 Å². The van der Waals surface area contributed by atoms with Crippen molar-refractivity contribution >= 4 is 11.6 Å². The van der Waals surface area contributed by atoms with Gasteiger partial charge in [-0.1, -0.05) is 12.1 Å². The molecule has 0 aliphatic carbocycles. The first kappa shape index (κ1) is 11.7. The fourth-order valence-electron chi connectivity index (χ4n) is 2.96. The van der Waals surface area contributed by atoms with Gasteiger partial charge in [0, 0.05) is 37.4 Å². The second kappa shape index (κ2) is 4.37. The lowest BCUT2D eigenvalue weighted by Gasteiger charge is -2.32. The molecule has 0 bridgehead atoms. The van der Waals surface area contributed by atoms with Gasteiger partial charge >= 0.3 is 0 Å². The number of hydrogen-bond donors (Lipinski definition) is 2. The summed E-state index contributed by atoms with van der Waals surface area (Å²) in [5, 5.41) is 6.38. The zero-order valence-corrected chi connectivity index (χ0v) is 10.9. The van der Waals surface area contributed by atoms with Gasteiger partial charge in [0.2, 0.25) is 5.91 Å². The highest BCUT2D eigenvalue weighted by molar-refractivity contribution is 6.03. The smallest absolute Gasteiger partial charge is 0.246 e. The van der Waals surface area contributed by atoms with E-state index in [1.807, 2.05) is 0 Å². The van der Waals surface area contributed by atoms with Gasteiger partial charge < -0.3 is 10.6 Å². The van der Waals surface area contributed by atoms with Crippen molar-refractivity contribution in [1.82, 2.24) is 10.2 Å². The molecule has 4 nitrogen and oxygen atoms in total. The molecule has 0 spiro atoms. The normalized spacial score (nSPS) is 23.9. The summed E-state index contributed by atoms with van der Waals surface area (Å²) in [6.45, 7) is 7.94. The van der Waals surface area contributed by atoms with Crippen LogP contribution >= 0.6 is 0 Å². The van der Waals surface area contributed by atoms with Crippen LogP contribution in [0.1, 0.15) is 22.7 Å². The topological polar surface area (TPSA) is 44.4 Å². The average Bonchev–Trinajstić information content (AvgIpc) is 2.74. The highest BCUT2D eigenvalue weighted by Crippen LogP contribution is 2.39. The minimum atomic E-state index is -0.0954. The van der Waals surface area contributed by atoms with E-state index in [4.69, 9.17) is 0 Å². The number of fused-ring (bicyclic) bond motifs is 1. The molecule has 2 aliphatic heterocycles. The van der Waals surface area contributed by atoms with Crippen molar-refractivity contribution in [3.63, 3.8) is 0 Å². The van der Waals surface area contributed by atoms with E-state index in [9.17, 15) is 4.79 Å². The maximum absolute atomic E-state index is 12.3. The molecule has 1 unspecified atom stereocenters. The van der Waals surface area contributed by atoms with Crippen LogP contribution in [0.4, 0.5) is 5.69 Å². The molecule has 4 heteroatoms. The molecule has 0 radical (unpaired) electrons. The number of benzene rings is 1. The van der Waals surface area contributed by atoms with Crippen molar-refractivity contribution in [1.29, 1.82) is 0 Å². The molecule has 0 aromatic heterocycles. The number of rotatable bonds is 1. The van der Waals surface area contributed by atoms with Crippen LogP contribution in [0.3, 0.4) is 0 Å². The van der Waals surface area contributed by atoms with Gasteiger partial charge in [-0.15, -0.1) is 0 Å². The Morgan fingerprint density at radius 2 is 1.83 bits per heavy atom. The zero-order chi connectivity index (χ0) is 12.7. The summed E-state index contributed by atoms with van der Waals surface area (Å²) in [5.41, 5.74) is 4.57. The van der Waals surface area contributed by atoms with Crippen LogP contribution in [0.15, 0.2) is 12.1 Å². The van der Waals surface area contributed by atoms with Crippen molar-refractivity contribution in [3.8, 4) is 0 Å². The fraction of sp³-hybridized carbons (Fsp3) is 0.500. The molecule has 2 aliphatic rings. The Bertz CT molecular complexity index is 492. The molecular weight excluding hydrogens is 226 g/mol. The number of carbonyl (C=O) groups is 1. The third-order valence-electron chi connectivity index (χ3n) is 3.96. The maximum Gasteiger partial charge on any atom is 0.246 e. The summed E-state index contributed by atoms with van der Waals surface area (Å²) in [7, 11) is 0. The minimum Gasteiger partial charge on any atom is -0.324 e. The van der Waals surface area contributed by atoms with Crippen LogP contribution in [0.25, 0.3) is 0 Å². The lowest BCUT2D eigenvalue weighted by atomic mass is 9.98. The highest BCUT2D eigenvalue weighted by Gasteiger charge is 2.37. The zero-order valence-electron chi connectivity index (χ0n) is 10.9. The summed E-state index contributed by atoms with van der Waals surface area (Å²) in [6, 6.07) is 4.10. The first-order valence-electron chi connectivity index (χ1n) is 6.54. The van der Waals surface area contributed by atoms with Crippen LogP contribution < -0.4 is 10.6 Å². The Kier molecular flexibility index (Phi) is 2.84. The predicted octanol–water partition coefficient (Wildman–Crippen LogP) is 1.20. The van der Waals surface area contributed by atoms with Crippen LogP contribution in [-0.2, 0) is 4.79 Å². The molecule has 1 amide bonds. The van der Waals surface area contributed by atoms with Gasteiger partial charge in [-0.25, -0.2) is 0 Å². The highest BCUT2D eigenvalue weighted by atomic mass is 16.2. The van der Waals surface area contributed by atoms with E-state index in [0.29, 0.717) is 0 Å². The molecule has 18 heavy (non-hydrogen) atoms. The molecule has 1 atom stereocenters. The van der Waals surface area contributed by atoms with Crippen LogP contribution in [-0.4, -0.2) is 37.0 Å². The maximum atomic E-state index is 12.3. The second-order valence-corrected chi connectivity index (χ2v) is 5.17. The molecular formula is C14H19N3O. The third-order valence-corrected chi connectivity index (χ3v) is 3.96. The predicted molar refractivity (Wildman–Crippen MR) is 71.7 cm³/mol. The van der Waals surface area contributed by atoms with Gasteiger partial charge in [0.25, 0.3) is 0 Å². The Hall–Kier alpha value is -1.39. The Labute approximate surface area is 107 Å². The van der Waals surface area contributed by atoms with Crippen molar-refractivity contribution in [2.24, 2.45) is 0 Å². The van der Waals surface area contributed by atoms with Crippen molar-refractivity contribution in [2.45, 2.75) is 19.9 Å². The first-order valence-corrected chi connectivity index (χ1v) is 6.54. The average molecular weight is 245 g/mol. The lowest BCUT2D eigenvalue weighted by Crippen LogP contribution is -2.46. The molecule has 1 fully saturated rings. The number of anilines is 1. The molecule has 96 valence electrons. The number of amides is 1. The summed E-state index contributed by atoms with van der Waals surface area (Å²) in [4.78, 5) is 14.5. The van der Waals surface area contributed by atoms with Crippen molar-refractivity contribution < 1.29 is 4.79 Å². The van der Waals surface area contributed by atoms with E-state index in [1.54, 1.807) is 0 Å². The van der Waals surface area contributed by atoms with E-state index < -0.39 is 0 Å². The SMILES string of the molecule is Cc1ccc(C)c2c1NC(=O)C2N1CCNCC1.